The molecule has 1 heterocycles. The van der Waals surface area contributed by atoms with Gasteiger partial charge in [-0.05, 0) is 23.6 Å². The molecule has 18 heavy (non-hydrogen) atoms. The smallest absolute Gasteiger partial charge is 0.335 e. The van der Waals surface area contributed by atoms with Gasteiger partial charge < -0.3 is 15.4 Å². The summed E-state index contributed by atoms with van der Waals surface area (Å²) in [6, 6.07) is 6.80. The highest BCUT2D eigenvalue weighted by Gasteiger charge is 2.12. The molecule has 3 N–H and O–H groups in total. The van der Waals surface area contributed by atoms with Gasteiger partial charge in [0.05, 0.1) is 11.5 Å². The number of amides is 1. The first-order valence-electron chi connectivity index (χ1n) is 5.60. The molecule has 0 saturated carbocycles. The van der Waals surface area contributed by atoms with Crippen LogP contribution in [0.3, 0.4) is 0 Å². The van der Waals surface area contributed by atoms with Crippen molar-refractivity contribution in [2.75, 3.05) is 0 Å². The van der Waals surface area contributed by atoms with Crippen molar-refractivity contribution >= 4 is 22.8 Å². The van der Waals surface area contributed by atoms with E-state index >= 15 is 0 Å². The molecule has 0 radical (unpaired) electrons. The van der Waals surface area contributed by atoms with E-state index in [1.807, 2.05) is 16.8 Å². The van der Waals surface area contributed by atoms with Crippen LogP contribution in [0, 0.1) is 5.92 Å². The number of carbonyl (C=O) groups excluding carboxylic acids is 1. The highest BCUT2D eigenvalue weighted by atomic mass is 16.4. The summed E-state index contributed by atoms with van der Waals surface area (Å²) in [5, 5.41) is 9.90. The lowest BCUT2D eigenvalue weighted by Crippen LogP contribution is -2.24. The van der Waals surface area contributed by atoms with Crippen molar-refractivity contribution < 1.29 is 14.7 Å². The van der Waals surface area contributed by atoms with Crippen LogP contribution in [0.5, 0.6) is 0 Å². The van der Waals surface area contributed by atoms with Crippen molar-refractivity contribution in [3.8, 4) is 0 Å². The molecule has 2 rings (SSSR count). The number of aromatic carboxylic acids is 1. The zero-order valence-electron chi connectivity index (χ0n) is 9.96. The Hall–Kier alpha value is -2.30. The summed E-state index contributed by atoms with van der Waals surface area (Å²) >= 11 is 0. The molecule has 1 aromatic carbocycles. The van der Waals surface area contributed by atoms with Gasteiger partial charge in [0.1, 0.15) is 0 Å². The van der Waals surface area contributed by atoms with Gasteiger partial charge in [0.15, 0.2) is 0 Å². The summed E-state index contributed by atoms with van der Waals surface area (Å²) in [7, 11) is 0. The van der Waals surface area contributed by atoms with Crippen LogP contribution < -0.4 is 5.73 Å². The summed E-state index contributed by atoms with van der Waals surface area (Å²) < 4.78 is 1.84. The van der Waals surface area contributed by atoms with Gasteiger partial charge in [-0.1, -0.05) is 13.0 Å². The second kappa shape index (κ2) is 4.52. The van der Waals surface area contributed by atoms with Crippen molar-refractivity contribution in [2.45, 2.75) is 13.5 Å². The molecule has 1 aromatic heterocycles. The fourth-order valence-electron chi connectivity index (χ4n) is 1.86. The SMILES string of the molecule is CC(Cn1ccc2ccc(C(=O)O)cc21)C(N)=O. The third-order valence-electron chi connectivity index (χ3n) is 2.98. The summed E-state index contributed by atoms with van der Waals surface area (Å²) in [5.74, 6) is -1.63. The first kappa shape index (κ1) is 12.2. The van der Waals surface area contributed by atoms with Gasteiger partial charge in [0.25, 0.3) is 0 Å². The molecule has 5 heteroatoms. The molecule has 0 spiro atoms. The van der Waals surface area contributed by atoms with E-state index in [9.17, 15) is 9.59 Å². The van der Waals surface area contributed by atoms with E-state index in [1.165, 1.54) is 0 Å². The second-order valence-corrected chi connectivity index (χ2v) is 4.35. The highest BCUT2D eigenvalue weighted by molar-refractivity contribution is 5.93. The molecule has 0 aliphatic heterocycles. The average Bonchev–Trinajstić information content (AvgIpc) is 2.71. The number of fused-ring (bicyclic) bond motifs is 1. The van der Waals surface area contributed by atoms with E-state index in [4.69, 9.17) is 10.8 Å². The van der Waals surface area contributed by atoms with Gasteiger partial charge in [0, 0.05) is 18.3 Å². The molecule has 2 aromatic rings. The van der Waals surface area contributed by atoms with Crippen LogP contribution in [-0.2, 0) is 11.3 Å². The zero-order valence-corrected chi connectivity index (χ0v) is 9.96. The quantitative estimate of drug-likeness (QED) is 0.856. The molecule has 0 aliphatic rings. The summed E-state index contributed by atoms with van der Waals surface area (Å²) in [6.45, 7) is 2.19. The number of nitrogens with two attached hydrogens (primary N) is 1. The minimum Gasteiger partial charge on any atom is -0.478 e. The predicted octanol–water partition coefficient (Wildman–Crippen LogP) is 1.46. The van der Waals surface area contributed by atoms with Crippen LogP contribution in [0.2, 0.25) is 0 Å². The summed E-state index contributed by atoms with van der Waals surface area (Å²) in [4.78, 5) is 22.0. The van der Waals surface area contributed by atoms with Crippen molar-refractivity contribution in [2.24, 2.45) is 11.7 Å². The van der Waals surface area contributed by atoms with Crippen molar-refractivity contribution in [1.82, 2.24) is 4.57 Å². The van der Waals surface area contributed by atoms with Crippen molar-refractivity contribution in [3.63, 3.8) is 0 Å². The largest absolute Gasteiger partial charge is 0.478 e. The van der Waals surface area contributed by atoms with Crippen LogP contribution in [0.15, 0.2) is 30.5 Å². The number of carboxylic acid groups (broad SMARTS) is 1. The molecular formula is C13H14N2O3. The van der Waals surface area contributed by atoms with E-state index in [0.717, 1.165) is 10.9 Å². The Morgan fingerprint density at radius 1 is 1.39 bits per heavy atom. The Bertz CT molecular complexity index is 616. The van der Waals surface area contributed by atoms with Gasteiger partial charge in [-0.2, -0.15) is 0 Å². The van der Waals surface area contributed by atoms with Crippen molar-refractivity contribution in [3.05, 3.63) is 36.0 Å². The van der Waals surface area contributed by atoms with Crippen LogP contribution >= 0.6 is 0 Å². The fraction of sp³-hybridized carbons (Fsp3) is 0.231. The van der Waals surface area contributed by atoms with Crippen LogP contribution in [0.1, 0.15) is 17.3 Å². The number of rotatable bonds is 4. The first-order chi connectivity index (χ1) is 8.49. The van der Waals surface area contributed by atoms with Crippen LogP contribution in [0.25, 0.3) is 10.9 Å². The molecule has 1 atom stereocenters. The standard InChI is InChI=1S/C13H14N2O3/c1-8(12(14)16)7-15-5-4-9-2-3-10(13(17)18)6-11(9)15/h2-6,8H,7H2,1H3,(H2,14,16)(H,17,18). The fourth-order valence-corrected chi connectivity index (χ4v) is 1.86. The number of benzene rings is 1. The van der Waals surface area contributed by atoms with E-state index in [1.54, 1.807) is 25.1 Å². The third-order valence-corrected chi connectivity index (χ3v) is 2.98. The molecule has 0 saturated heterocycles. The molecular weight excluding hydrogens is 232 g/mol. The lowest BCUT2D eigenvalue weighted by molar-refractivity contribution is -0.121. The van der Waals surface area contributed by atoms with Gasteiger partial charge in [-0.15, -0.1) is 0 Å². The average molecular weight is 246 g/mol. The minimum atomic E-state index is -0.965. The van der Waals surface area contributed by atoms with Gasteiger partial charge in [0.2, 0.25) is 5.91 Å². The van der Waals surface area contributed by atoms with E-state index in [0.29, 0.717) is 6.54 Å². The molecule has 5 nitrogen and oxygen atoms in total. The predicted molar refractivity (Wildman–Crippen MR) is 67.3 cm³/mol. The maximum Gasteiger partial charge on any atom is 0.335 e. The lowest BCUT2D eigenvalue weighted by Gasteiger charge is -2.10. The van der Waals surface area contributed by atoms with Crippen LogP contribution in [0.4, 0.5) is 0 Å². The monoisotopic (exact) mass is 246 g/mol. The number of primary amides is 1. The van der Waals surface area contributed by atoms with Gasteiger partial charge in [-0.25, -0.2) is 4.79 Å². The maximum absolute atomic E-state index is 11.1. The van der Waals surface area contributed by atoms with Gasteiger partial charge in [-0.3, -0.25) is 4.79 Å². The normalized spacial score (nSPS) is 12.5. The molecule has 1 unspecified atom stereocenters. The van der Waals surface area contributed by atoms with Gasteiger partial charge >= 0.3 is 5.97 Å². The highest BCUT2D eigenvalue weighted by Crippen LogP contribution is 2.19. The topological polar surface area (TPSA) is 85.3 Å². The zero-order chi connectivity index (χ0) is 13.3. The molecule has 0 fully saturated rings. The van der Waals surface area contributed by atoms with E-state index in [-0.39, 0.29) is 17.4 Å². The molecule has 1 amide bonds. The summed E-state index contributed by atoms with van der Waals surface area (Å²) in [6.07, 6.45) is 1.83. The number of nitrogens with zero attached hydrogens (tertiary/aromatic N) is 1. The Morgan fingerprint density at radius 3 is 2.72 bits per heavy atom. The number of carboxylic acids is 1. The third kappa shape index (κ3) is 2.20. The first-order valence-corrected chi connectivity index (χ1v) is 5.60. The second-order valence-electron chi connectivity index (χ2n) is 4.35. The molecule has 94 valence electrons. The Morgan fingerprint density at radius 2 is 2.11 bits per heavy atom. The molecule has 0 aliphatic carbocycles. The lowest BCUT2D eigenvalue weighted by atomic mass is 10.1. The number of aromatic nitrogens is 1. The van der Waals surface area contributed by atoms with Crippen molar-refractivity contribution in [1.29, 1.82) is 0 Å². The van der Waals surface area contributed by atoms with E-state index < -0.39 is 5.97 Å². The Labute approximate surface area is 104 Å². The Kier molecular flexibility index (Phi) is 3.06. The van der Waals surface area contributed by atoms with Crippen LogP contribution in [-0.4, -0.2) is 21.6 Å². The number of hydrogen-bond acceptors (Lipinski definition) is 2. The Balaban J connectivity index is 2.42. The van der Waals surface area contributed by atoms with E-state index in [2.05, 4.69) is 0 Å². The maximum atomic E-state index is 11.1. The summed E-state index contributed by atoms with van der Waals surface area (Å²) in [5.41, 5.74) is 6.25. The molecule has 0 bridgehead atoms. The number of carbonyl (C=O) groups is 2. The minimum absolute atomic E-state index is 0.231. The number of hydrogen-bond donors (Lipinski definition) is 2.